The lowest BCUT2D eigenvalue weighted by atomic mass is 10.0. The summed E-state index contributed by atoms with van der Waals surface area (Å²) in [5.41, 5.74) is 1.76. The zero-order valence-electron chi connectivity index (χ0n) is 13.5. The molecular weight excluding hydrogens is 334 g/mol. The molecule has 0 aliphatic carbocycles. The Labute approximate surface area is 142 Å². The van der Waals surface area contributed by atoms with Gasteiger partial charge in [-0.05, 0) is 24.3 Å². The average molecular weight is 350 g/mol. The fourth-order valence-electron chi connectivity index (χ4n) is 2.65. The summed E-state index contributed by atoms with van der Waals surface area (Å²) >= 11 is 0. The van der Waals surface area contributed by atoms with Gasteiger partial charge < -0.3 is 24.8 Å². The highest BCUT2D eigenvalue weighted by molar-refractivity contribution is 6.01. The Kier molecular flexibility index (Phi) is 4.60. The Bertz CT molecular complexity index is 773. The average Bonchev–Trinajstić information content (AvgIpc) is 2.61. The van der Waals surface area contributed by atoms with Gasteiger partial charge in [0.15, 0.2) is 11.5 Å². The lowest BCUT2D eigenvalue weighted by Crippen LogP contribution is -2.38. The standard InChI is InChI=1S/C17H16F2N2O4/c1-23-12-7-9(8-13(24-2)14(12)25-17(18)19)15-20-11-6-4-3-5-10(11)16(22)21-15/h3-8,15,17,20H,1-2H3,(H,21,22)/t15-/m0/s1. The number of anilines is 1. The second-order valence-corrected chi connectivity index (χ2v) is 5.23. The predicted octanol–water partition coefficient (Wildman–Crippen LogP) is 3.16. The van der Waals surface area contributed by atoms with Crippen molar-refractivity contribution >= 4 is 11.6 Å². The third-order valence-corrected chi connectivity index (χ3v) is 3.77. The number of amides is 1. The zero-order valence-corrected chi connectivity index (χ0v) is 13.5. The first-order valence-electron chi connectivity index (χ1n) is 7.40. The molecule has 1 atom stereocenters. The van der Waals surface area contributed by atoms with Gasteiger partial charge in [-0.3, -0.25) is 4.79 Å². The Morgan fingerprint density at radius 2 is 1.68 bits per heavy atom. The van der Waals surface area contributed by atoms with Gasteiger partial charge in [-0.1, -0.05) is 12.1 Å². The Balaban J connectivity index is 1.99. The normalized spacial score (nSPS) is 15.9. The van der Waals surface area contributed by atoms with Crippen LogP contribution in [0.4, 0.5) is 14.5 Å². The maximum absolute atomic E-state index is 12.6. The molecule has 25 heavy (non-hydrogen) atoms. The van der Waals surface area contributed by atoms with E-state index in [1.165, 1.54) is 26.4 Å². The van der Waals surface area contributed by atoms with Crippen molar-refractivity contribution in [3.63, 3.8) is 0 Å². The van der Waals surface area contributed by atoms with Gasteiger partial charge in [0.1, 0.15) is 6.17 Å². The fourth-order valence-corrected chi connectivity index (χ4v) is 2.65. The maximum Gasteiger partial charge on any atom is 0.387 e. The molecule has 0 fully saturated rings. The topological polar surface area (TPSA) is 68.8 Å². The molecule has 2 aromatic rings. The van der Waals surface area contributed by atoms with Crippen LogP contribution in [-0.2, 0) is 0 Å². The lowest BCUT2D eigenvalue weighted by molar-refractivity contribution is -0.0526. The molecule has 3 rings (SSSR count). The number of rotatable bonds is 5. The second-order valence-electron chi connectivity index (χ2n) is 5.23. The van der Waals surface area contributed by atoms with E-state index in [4.69, 9.17) is 9.47 Å². The maximum atomic E-state index is 12.6. The van der Waals surface area contributed by atoms with Crippen LogP contribution in [0, 0.1) is 0 Å². The zero-order chi connectivity index (χ0) is 18.0. The fraction of sp³-hybridized carbons (Fsp3) is 0.235. The van der Waals surface area contributed by atoms with Crippen LogP contribution in [0.25, 0.3) is 0 Å². The third-order valence-electron chi connectivity index (χ3n) is 3.77. The van der Waals surface area contributed by atoms with Gasteiger partial charge in [0.05, 0.1) is 19.8 Å². The Morgan fingerprint density at radius 3 is 2.28 bits per heavy atom. The second kappa shape index (κ2) is 6.84. The Hall–Kier alpha value is -3.03. The molecule has 0 spiro atoms. The summed E-state index contributed by atoms with van der Waals surface area (Å²) < 4.78 is 40.0. The van der Waals surface area contributed by atoms with E-state index < -0.39 is 12.8 Å². The molecule has 2 N–H and O–H groups in total. The molecule has 6 nitrogen and oxygen atoms in total. The van der Waals surface area contributed by atoms with Gasteiger partial charge in [-0.2, -0.15) is 8.78 Å². The first kappa shape index (κ1) is 16.8. The summed E-state index contributed by atoms with van der Waals surface area (Å²) in [7, 11) is 2.66. The minimum Gasteiger partial charge on any atom is -0.493 e. The van der Waals surface area contributed by atoms with Gasteiger partial charge in [0.2, 0.25) is 5.75 Å². The highest BCUT2D eigenvalue weighted by Gasteiger charge is 2.27. The van der Waals surface area contributed by atoms with Crippen LogP contribution >= 0.6 is 0 Å². The summed E-state index contributed by atoms with van der Waals surface area (Å²) in [5.74, 6) is -0.300. The van der Waals surface area contributed by atoms with Crippen LogP contribution in [0.15, 0.2) is 36.4 Å². The molecule has 0 unspecified atom stereocenters. The minimum atomic E-state index is -3.02. The third kappa shape index (κ3) is 3.28. The first-order chi connectivity index (χ1) is 12.0. The van der Waals surface area contributed by atoms with Crippen LogP contribution in [0.2, 0.25) is 0 Å². The van der Waals surface area contributed by atoms with Crippen molar-refractivity contribution in [3.05, 3.63) is 47.5 Å². The number of nitrogens with one attached hydrogen (secondary N) is 2. The predicted molar refractivity (Wildman–Crippen MR) is 86.4 cm³/mol. The van der Waals surface area contributed by atoms with E-state index >= 15 is 0 Å². The summed E-state index contributed by atoms with van der Waals surface area (Å²) in [4.78, 5) is 12.3. The van der Waals surface area contributed by atoms with E-state index in [9.17, 15) is 13.6 Å². The van der Waals surface area contributed by atoms with E-state index in [1.54, 1.807) is 18.2 Å². The van der Waals surface area contributed by atoms with Gasteiger partial charge in [-0.25, -0.2) is 0 Å². The molecule has 132 valence electrons. The van der Waals surface area contributed by atoms with Crippen molar-refractivity contribution in [1.29, 1.82) is 0 Å². The molecule has 1 aliphatic rings. The highest BCUT2D eigenvalue weighted by atomic mass is 19.3. The van der Waals surface area contributed by atoms with Gasteiger partial charge in [-0.15, -0.1) is 0 Å². The smallest absolute Gasteiger partial charge is 0.387 e. The summed E-state index contributed by atoms with van der Waals surface area (Å²) in [6.45, 7) is -3.02. The number of methoxy groups -OCH3 is 2. The molecule has 0 saturated carbocycles. The molecule has 8 heteroatoms. The summed E-state index contributed by atoms with van der Waals surface area (Å²) in [5, 5.41) is 5.98. The SMILES string of the molecule is COc1cc([C@@H]2NC(=O)c3ccccc3N2)cc(OC)c1OC(F)F. The number of para-hydroxylation sites is 1. The molecule has 0 bridgehead atoms. The van der Waals surface area contributed by atoms with Crippen molar-refractivity contribution in [1.82, 2.24) is 5.32 Å². The molecule has 0 aromatic heterocycles. The minimum absolute atomic E-state index is 0.0737. The van der Waals surface area contributed by atoms with Crippen LogP contribution in [-0.4, -0.2) is 26.7 Å². The van der Waals surface area contributed by atoms with Crippen molar-refractivity contribution in [2.24, 2.45) is 0 Å². The summed E-state index contributed by atoms with van der Waals surface area (Å²) in [6.07, 6.45) is -0.578. The largest absolute Gasteiger partial charge is 0.493 e. The van der Waals surface area contributed by atoms with Crippen molar-refractivity contribution < 1.29 is 27.8 Å². The van der Waals surface area contributed by atoms with Crippen molar-refractivity contribution in [3.8, 4) is 17.2 Å². The Morgan fingerprint density at radius 1 is 1.04 bits per heavy atom. The number of fused-ring (bicyclic) bond motifs is 1. The molecule has 0 radical (unpaired) electrons. The molecule has 0 saturated heterocycles. The molecule has 2 aromatic carbocycles. The number of alkyl halides is 2. The van der Waals surface area contributed by atoms with Gasteiger partial charge in [0.25, 0.3) is 5.91 Å². The van der Waals surface area contributed by atoms with Crippen LogP contribution in [0.1, 0.15) is 22.1 Å². The number of ether oxygens (including phenoxy) is 3. The van der Waals surface area contributed by atoms with Crippen molar-refractivity contribution in [2.75, 3.05) is 19.5 Å². The van der Waals surface area contributed by atoms with Crippen LogP contribution in [0.3, 0.4) is 0 Å². The number of halogens is 2. The number of carbonyl (C=O) groups excluding carboxylic acids is 1. The van der Waals surface area contributed by atoms with Crippen LogP contribution in [0.5, 0.6) is 17.2 Å². The van der Waals surface area contributed by atoms with E-state index in [0.717, 1.165) is 0 Å². The van der Waals surface area contributed by atoms with Gasteiger partial charge in [0, 0.05) is 11.3 Å². The monoisotopic (exact) mass is 350 g/mol. The van der Waals surface area contributed by atoms with E-state index in [-0.39, 0.29) is 23.2 Å². The molecular formula is C17H16F2N2O4. The molecule has 1 aliphatic heterocycles. The number of carbonyl (C=O) groups is 1. The first-order valence-corrected chi connectivity index (χ1v) is 7.40. The number of benzene rings is 2. The highest BCUT2D eigenvalue weighted by Crippen LogP contribution is 2.41. The van der Waals surface area contributed by atoms with Crippen molar-refractivity contribution in [2.45, 2.75) is 12.8 Å². The number of hydrogen-bond donors (Lipinski definition) is 2. The van der Waals surface area contributed by atoms with E-state index in [1.807, 2.05) is 6.07 Å². The van der Waals surface area contributed by atoms with Gasteiger partial charge >= 0.3 is 6.61 Å². The quantitative estimate of drug-likeness (QED) is 0.867. The number of hydrogen-bond acceptors (Lipinski definition) is 5. The molecule has 1 heterocycles. The lowest BCUT2D eigenvalue weighted by Gasteiger charge is -2.29. The summed E-state index contributed by atoms with van der Waals surface area (Å²) in [6, 6.07) is 10.1. The van der Waals surface area contributed by atoms with E-state index in [2.05, 4.69) is 15.4 Å². The van der Waals surface area contributed by atoms with Crippen LogP contribution < -0.4 is 24.8 Å². The van der Waals surface area contributed by atoms with E-state index in [0.29, 0.717) is 16.8 Å². The molecule has 1 amide bonds.